The molecule has 0 aliphatic rings. The molecule has 144 valence electrons. The fourth-order valence-corrected chi connectivity index (χ4v) is 2.48. The number of amides is 2. The summed E-state index contributed by atoms with van der Waals surface area (Å²) in [5.41, 5.74) is 1.27. The summed E-state index contributed by atoms with van der Waals surface area (Å²) >= 11 is 0. The Balaban J connectivity index is 1.96. The molecule has 2 rings (SSSR count). The third kappa shape index (κ3) is 5.72. The number of carbonyl (C=O) groups excluding carboxylic acids is 2. The number of hydrogen-bond donors (Lipinski definition) is 2. The zero-order chi connectivity index (χ0) is 19.6. The number of benzene rings is 2. The molecule has 2 N–H and O–H groups in total. The van der Waals surface area contributed by atoms with Gasteiger partial charge in [-0.05, 0) is 36.8 Å². The van der Waals surface area contributed by atoms with E-state index in [2.05, 4.69) is 10.6 Å². The molecule has 0 heterocycles. The largest absolute Gasteiger partial charge is 0.497 e. The van der Waals surface area contributed by atoms with Crippen LogP contribution < -0.4 is 20.1 Å². The molecular formula is C20H24N2O5. The Hall–Kier alpha value is -3.06. The van der Waals surface area contributed by atoms with Crippen molar-refractivity contribution in [3.05, 3.63) is 54.1 Å². The summed E-state index contributed by atoms with van der Waals surface area (Å²) in [6.45, 7) is 2.44. The third-order valence-electron chi connectivity index (χ3n) is 3.84. The molecule has 7 nitrogen and oxygen atoms in total. The first-order chi connectivity index (χ1) is 13.1. The smallest absolute Gasteiger partial charge is 0.313 e. The predicted molar refractivity (Wildman–Crippen MR) is 102 cm³/mol. The molecule has 0 aromatic heterocycles. The van der Waals surface area contributed by atoms with Gasteiger partial charge in [0.25, 0.3) is 0 Å². The van der Waals surface area contributed by atoms with E-state index in [1.54, 1.807) is 31.4 Å². The van der Waals surface area contributed by atoms with Gasteiger partial charge in [-0.1, -0.05) is 24.3 Å². The van der Waals surface area contributed by atoms with E-state index >= 15 is 0 Å². The van der Waals surface area contributed by atoms with E-state index in [0.717, 1.165) is 5.56 Å². The van der Waals surface area contributed by atoms with Crippen LogP contribution in [-0.4, -0.2) is 39.2 Å². The first-order valence-electron chi connectivity index (χ1n) is 8.56. The number of methoxy groups -OCH3 is 2. The monoisotopic (exact) mass is 372 g/mol. The van der Waals surface area contributed by atoms with E-state index in [4.69, 9.17) is 14.2 Å². The summed E-state index contributed by atoms with van der Waals surface area (Å²) in [4.78, 5) is 24.3. The quantitative estimate of drug-likeness (QED) is 0.696. The van der Waals surface area contributed by atoms with Gasteiger partial charge in [-0.2, -0.15) is 0 Å². The number of para-hydroxylation sites is 2. The highest BCUT2D eigenvalue weighted by molar-refractivity contribution is 6.39. The summed E-state index contributed by atoms with van der Waals surface area (Å²) in [5.74, 6) is -0.340. The molecule has 0 saturated heterocycles. The highest BCUT2D eigenvalue weighted by Gasteiger charge is 2.18. The SMILES string of the molecule is CCOc1ccccc1NC(=O)C(=O)NCC(OC)c1cccc(OC)c1. The van der Waals surface area contributed by atoms with Crippen LogP contribution in [0.3, 0.4) is 0 Å². The third-order valence-corrected chi connectivity index (χ3v) is 3.84. The second kappa shape index (κ2) is 10.2. The minimum Gasteiger partial charge on any atom is -0.497 e. The van der Waals surface area contributed by atoms with Crippen LogP contribution in [0.15, 0.2) is 48.5 Å². The molecule has 0 radical (unpaired) electrons. The van der Waals surface area contributed by atoms with E-state index in [1.165, 1.54) is 7.11 Å². The fourth-order valence-electron chi connectivity index (χ4n) is 2.48. The first kappa shape index (κ1) is 20.3. The molecule has 2 aromatic carbocycles. The molecule has 0 aliphatic heterocycles. The van der Waals surface area contributed by atoms with E-state index < -0.39 is 17.9 Å². The second-order valence-corrected chi connectivity index (χ2v) is 5.59. The van der Waals surface area contributed by atoms with Crippen molar-refractivity contribution in [3.8, 4) is 11.5 Å². The van der Waals surface area contributed by atoms with Crippen LogP contribution in [0.2, 0.25) is 0 Å². The van der Waals surface area contributed by atoms with Crippen molar-refractivity contribution in [3.63, 3.8) is 0 Å². The van der Waals surface area contributed by atoms with Crippen molar-refractivity contribution in [1.82, 2.24) is 5.32 Å². The van der Waals surface area contributed by atoms with Crippen molar-refractivity contribution in [1.29, 1.82) is 0 Å². The molecule has 1 atom stereocenters. The molecule has 2 amide bonds. The zero-order valence-electron chi connectivity index (χ0n) is 15.7. The van der Waals surface area contributed by atoms with Gasteiger partial charge in [0, 0.05) is 13.7 Å². The van der Waals surface area contributed by atoms with E-state index in [-0.39, 0.29) is 6.54 Å². The molecule has 27 heavy (non-hydrogen) atoms. The van der Waals surface area contributed by atoms with Crippen LogP contribution in [0.25, 0.3) is 0 Å². The molecule has 0 spiro atoms. The normalized spacial score (nSPS) is 11.4. The van der Waals surface area contributed by atoms with Gasteiger partial charge in [-0.15, -0.1) is 0 Å². The Morgan fingerprint density at radius 2 is 1.81 bits per heavy atom. The maximum absolute atomic E-state index is 12.2. The minimum absolute atomic E-state index is 0.142. The predicted octanol–water partition coefficient (Wildman–Crippen LogP) is 2.54. The van der Waals surface area contributed by atoms with E-state index in [0.29, 0.717) is 23.8 Å². The van der Waals surface area contributed by atoms with Crippen molar-refractivity contribution in [2.45, 2.75) is 13.0 Å². The number of carbonyl (C=O) groups is 2. The Bertz CT molecular complexity index is 778. The van der Waals surface area contributed by atoms with Gasteiger partial charge < -0.3 is 24.8 Å². The number of nitrogens with one attached hydrogen (secondary N) is 2. The summed E-state index contributed by atoms with van der Waals surface area (Å²) in [6, 6.07) is 14.3. The van der Waals surface area contributed by atoms with Crippen molar-refractivity contribution in [2.24, 2.45) is 0 Å². The lowest BCUT2D eigenvalue weighted by molar-refractivity contribution is -0.136. The molecule has 7 heteroatoms. The lowest BCUT2D eigenvalue weighted by Gasteiger charge is -2.17. The maximum Gasteiger partial charge on any atom is 0.313 e. The average molecular weight is 372 g/mol. The standard InChI is InChI=1S/C20H24N2O5/c1-4-27-17-11-6-5-10-16(17)22-20(24)19(23)21-13-18(26-3)14-8-7-9-15(12-14)25-2/h5-12,18H,4,13H2,1-3H3,(H,21,23)(H,22,24). The average Bonchev–Trinajstić information content (AvgIpc) is 2.70. The summed E-state index contributed by atoms with van der Waals surface area (Å²) in [5, 5.41) is 5.14. The molecular weight excluding hydrogens is 348 g/mol. The summed E-state index contributed by atoms with van der Waals surface area (Å²) in [7, 11) is 3.11. The van der Waals surface area contributed by atoms with Crippen molar-refractivity contribution in [2.75, 3.05) is 32.7 Å². The number of anilines is 1. The second-order valence-electron chi connectivity index (χ2n) is 5.59. The van der Waals surface area contributed by atoms with Crippen LogP contribution in [0.5, 0.6) is 11.5 Å². The van der Waals surface area contributed by atoms with Crippen LogP contribution in [0.1, 0.15) is 18.6 Å². The molecule has 0 bridgehead atoms. The van der Waals surface area contributed by atoms with Gasteiger partial charge >= 0.3 is 11.8 Å². The van der Waals surface area contributed by atoms with Gasteiger partial charge in [0.1, 0.15) is 11.5 Å². The Morgan fingerprint density at radius 1 is 1.04 bits per heavy atom. The van der Waals surface area contributed by atoms with E-state index in [1.807, 2.05) is 31.2 Å². The molecule has 1 unspecified atom stereocenters. The van der Waals surface area contributed by atoms with E-state index in [9.17, 15) is 9.59 Å². The lowest BCUT2D eigenvalue weighted by Crippen LogP contribution is -2.38. The fraction of sp³-hybridized carbons (Fsp3) is 0.300. The van der Waals surface area contributed by atoms with Crippen LogP contribution >= 0.6 is 0 Å². The van der Waals surface area contributed by atoms with Gasteiger partial charge in [0.05, 0.1) is 25.5 Å². The maximum atomic E-state index is 12.2. The van der Waals surface area contributed by atoms with Gasteiger partial charge in [-0.25, -0.2) is 0 Å². The number of ether oxygens (including phenoxy) is 3. The van der Waals surface area contributed by atoms with Crippen LogP contribution in [-0.2, 0) is 14.3 Å². The highest BCUT2D eigenvalue weighted by Crippen LogP contribution is 2.24. The van der Waals surface area contributed by atoms with Crippen molar-refractivity contribution >= 4 is 17.5 Å². The summed E-state index contributed by atoms with van der Waals surface area (Å²) < 4.78 is 16.0. The molecule has 0 fully saturated rings. The minimum atomic E-state index is -0.775. The lowest BCUT2D eigenvalue weighted by atomic mass is 10.1. The van der Waals surface area contributed by atoms with Gasteiger partial charge in [0.2, 0.25) is 0 Å². The number of hydrogen-bond acceptors (Lipinski definition) is 5. The highest BCUT2D eigenvalue weighted by atomic mass is 16.5. The Morgan fingerprint density at radius 3 is 2.52 bits per heavy atom. The molecule has 0 aliphatic carbocycles. The topological polar surface area (TPSA) is 85.9 Å². The summed E-state index contributed by atoms with van der Waals surface area (Å²) in [6.07, 6.45) is -0.410. The van der Waals surface area contributed by atoms with Gasteiger partial charge in [-0.3, -0.25) is 9.59 Å². The number of rotatable bonds is 8. The van der Waals surface area contributed by atoms with Crippen molar-refractivity contribution < 1.29 is 23.8 Å². The molecule has 2 aromatic rings. The first-order valence-corrected chi connectivity index (χ1v) is 8.56. The van der Waals surface area contributed by atoms with Gasteiger partial charge in [0.15, 0.2) is 0 Å². The Kier molecular flexibility index (Phi) is 7.63. The Labute approximate surface area is 158 Å². The van der Waals surface area contributed by atoms with Crippen LogP contribution in [0, 0.1) is 0 Å². The molecule has 0 saturated carbocycles. The van der Waals surface area contributed by atoms with Crippen LogP contribution in [0.4, 0.5) is 5.69 Å². The zero-order valence-corrected chi connectivity index (χ0v) is 15.7.